The molecule has 7 heteroatoms. The Labute approximate surface area is 162 Å². The van der Waals surface area contributed by atoms with E-state index in [0.717, 1.165) is 18.9 Å². The summed E-state index contributed by atoms with van der Waals surface area (Å²) < 4.78 is 27.2. The summed E-state index contributed by atoms with van der Waals surface area (Å²) in [5, 5.41) is 20.3. The second-order valence-corrected chi connectivity index (χ2v) is 8.72. The molecule has 1 amide bonds. The van der Waals surface area contributed by atoms with Gasteiger partial charge >= 0.3 is 5.97 Å². The number of amides is 1. The lowest BCUT2D eigenvalue weighted by Crippen LogP contribution is -2.55. The van der Waals surface area contributed by atoms with Crippen molar-refractivity contribution in [2.45, 2.75) is 69.1 Å². The van der Waals surface area contributed by atoms with Gasteiger partial charge in [0, 0.05) is 30.5 Å². The first kappa shape index (κ1) is 19.3. The van der Waals surface area contributed by atoms with Crippen molar-refractivity contribution in [1.82, 2.24) is 4.90 Å². The van der Waals surface area contributed by atoms with E-state index < -0.39 is 29.1 Å². The van der Waals surface area contributed by atoms with E-state index in [0.29, 0.717) is 32.1 Å². The first-order valence-corrected chi connectivity index (χ1v) is 9.97. The second kappa shape index (κ2) is 7.10. The third-order valence-corrected chi connectivity index (χ3v) is 6.77. The molecule has 3 aliphatic rings. The molecule has 5 nitrogen and oxygen atoms in total. The van der Waals surface area contributed by atoms with E-state index in [1.807, 2.05) is 4.90 Å². The van der Waals surface area contributed by atoms with Crippen molar-refractivity contribution >= 4 is 11.9 Å². The molecule has 0 radical (unpaired) electrons. The number of fused-ring (bicyclic) bond motifs is 2. The van der Waals surface area contributed by atoms with Crippen molar-refractivity contribution in [2.24, 2.45) is 11.8 Å². The number of piperidine rings is 1. The predicted octanol–water partition coefficient (Wildman–Crippen LogP) is 2.89. The van der Waals surface area contributed by atoms with Crippen LogP contribution in [0.5, 0.6) is 0 Å². The van der Waals surface area contributed by atoms with Gasteiger partial charge in [-0.2, -0.15) is 0 Å². The molecule has 0 aromatic heterocycles. The number of carboxylic acid groups (broad SMARTS) is 1. The van der Waals surface area contributed by atoms with Gasteiger partial charge < -0.3 is 15.1 Å². The van der Waals surface area contributed by atoms with Crippen LogP contribution in [-0.4, -0.2) is 44.7 Å². The third-order valence-electron chi connectivity index (χ3n) is 6.77. The number of carboxylic acids is 1. The van der Waals surface area contributed by atoms with Gasteiger partial charge in [-0.25, -0.2) is 8.78 Å². The van der Waals surface area contributed by atoms with Gasteiger partial charge in [-0.05, 0) is 56.6 Å². The Morgan fingerprint density at radius 1 is 1.07 bits per heavy atom. The maximum atomic E-state index is 14.0. The summed E-state index contributed by atoms with van der Waals surface area (Å²) in [5.41, 5.74) is -0.844. The molecule has 2 unspecified atom stereocenters. The largest absolute Gasteiger partial charge is 0.481 e. The van der Waals surface area contributed by atoms with Gasteiger partial charge in [-0.1, -0.05) is 6.07 Å². The zero-order chi connectivity index (χ0) is 20.1. The van der Waals surface area contributed by atoms with Crippen LogP contribution in [0, 0.1) is 23.5 Å². The van der Waals surface area contributed by atoms with E-state index >= 15 is 0 Å². The fraction of sp³-hybridized carbons (Fsp3) is 0.619. The predicted molar refractivity (Wildman–Crippen MR) is 96.4 cm³/mol. The van der Waals surface area contributed by atoms with Crippen molar-refractivity contribution in [3.63, 3.8) is 0 Å². The van der Waals surface area contributed by atoms with Gasteiger partial charge in [0.2, 0.25) is 5.91 Å². The van der Waals surface area contributed by atoms with Crippen LogP contribution < -0.4 is 0 Å². The number of carbonyl (C=O) groups excluding carboxylic acids is 1. The number of aliphatic hydroxyl groups is 1. The zero-order valence-electron chi connectivity index (χ0n) is 15.6. The number of hydrogen-bond acceptors (Lipinski definition) is 3. The van der Waals surface area contributed by atoms with Crippen LogP contribution in [0.3, 0.4) is 0 Å². The van der Waals surface area contributed by atoms with E-state index in [4.69, 9.17) is 0 Å². The summed E-state index contributed by atoms with van der Waals surface area (Å²) in [7, 11) is 0. The molecule has 3 fully saturated rings. The molecule has 4 rings (SSSR count). The van der Waals surface area contributed by atoms with Crippen molar-refractivity contribution < 1.29 is 28.6 Å². The minimum atomic E-state index is -1.12. The van der Waals surface area contributed by atoms with E-state index in [2.05, 4.69) is 0 Å². The van der Waals surface area contributed by atoms with E-state index in [1.165, 1.54) is 12.1 Å². The fourth-order valence-corrected chi connectivity index (χ4v) is 5.49. The number of aliphatic carboxylic acids is 1. The molecular formula is C21H25F2NO4. The Balaban J connectivity index is 1.45. The van der Waals surface area contributed by atoms with E-state index in [-0.39, 0.29) is 35.9 Å². The lowest BCUT2D eigenvalue weighted by molar-refractivity contribution is -0.146. The Bertz CT molecular complexity index is 785. The quantitative estimate of drug-likeness (QED) is 0.825. The van der Waals surface area contributed by atoms with E-state index in [1.54, 1.807) is 0 Å². The molecule has 152 valence electrons. The molecule has 4 atom stereocenters. The molecule has 2 saturated heterocycles. The van der Waals surface area contributed by atoms with Crippen LogP contribution in [0.25, 0.3) is 0 Å². The van der Waals surface area contributed by atoms with Gasteiger partial charge in [0.1, 0.15) is 11.6 Å². The molecule has 2 heterocycles. The molecular weight excluding hydrogens is 368 g/mol. The fourth-order valence-electron chi connectivity index (χ4n) is 5.49. The number of nitrogens with zero attached hydrogens (tertiary/aromatic N) is 1. The normalized spacial score (nSPS) is 34.6. The summed E-state index contributed by atoms with van der Waals surface area (Å²) in [4.78, 5) is 26.1. The van der Waals surface area contributed by atoms with Crippen LogP contribution in [0.4, 0.5) is 8.78 Å². The lowest BCUT2D eigenvalue weighted by Gasteiger charge is -2.45. The summed E-state index contributed by atoms with van der Waals surface area (Å²) in [6.45, 7) is 0. The molecule has 2 bridgehead atoms. The number of halogens is 2. The van der Waals surface area contributed by atoms with Gasteiger partial charge in [0.05, 0.1) is 11.5 Å². The Kier molecular flexibility index (Phi) is 4.89. The summed E-state index contributed by atoms with van der Waals surface area (Å²) in [6.07, 6.45) is 3.91. The molecule has 28 heavy (non-hydrogen) atoms. The summed E-state index contributed by atoms with van der Waals surface area (Å²) in [6, 6.07) is 3.17. The average molecular weight is 393 g/mol. The molecule has 2 aliphatic heterocycles. The van der Waals surface area contributed by atoms with Gasteiger partial charge in [0.15, 0.2) is 0 Å². The van der Waals surface area contributed by atoms with Gasteiger partial charge in [-0.3, -0.25) is 9.59 Å². The molecule has 1 saturated carbocycles. The highest BCUT2D eigenvalue weighted by molar-refractivity contribution is 5.82. The molecule has 1 aromatic carbocycles. The number of carbonyl (C=O) groups is 2. The lowest BCUT2D eigenvalue weighted by atomic mass is 9.80. The maximum Gasteiger partial charge on any atom is 0.306 e. The third kappa shape index (κ3) is 3.52. The number of rotatable bonds is 4. The zero-order valence-corrected chi connectivity index (χ0v) is 15.6. The second-order valence-electron chi connectivity index (χ2n) is 8.72. The van der Waals surface area contributed by atoms with Crippen LogP contribution in [-0.2, 0) is 16.0 Å². The topological polar surface area (TPSA) is 77.8 Å². The standard InChI is InChI=1S/C21H25F2NO4/c22-15-4-3-14(18(23)8-15)9-21(28)10-16-5-6-17(11-21)24(16)19(25)12-1-2-13(7-12)20(26)27/h3-4,8,12-13,16-17,28H,1-2,5-7,9-11H2,(H,26,27)/t12-,13+,16?,17?,21?/m0/s1. The van der Waals surface area contributed by atoms with Crippen molar-refractivity contribution in [1.29, 1.82) is 0 Å². The Hall–Kier alpha value is -2.02. The maximum absolute atomic E-state index is 14.0. The van der Waals surface area contributed by atoms with Crippen LogP contribution in [0.2, 0.25) is 0 Å². The minimum absolute atomic E-state index is 0.00580. The molecule has 1 aromatic rings. The van der Waals surface area contributed by atoms with Gasteiger partial charge in [-0.15, -0.1) is 0 Å². The van der Waals surface area contributed by atoms with Crippen LogP contribution >= 0.6 is 0 Å². The number of benzene rings is 1. The summed E-state index contributed by atoms with van der Waals surface area (Å²) in [5.74, 6) is -2.85. The summed E-state index contributed by atoms with van der Waals surface area (Å²) >= 11 is 0. The molecule has 0 spiro atoms. The van der Waals surface area contributed by atoms with Crippen molar-refractivity contribution in [3.8, 4) is 0 Å². The average Bonchev–Trinajstić information content (AvgIpc) is 3.21. The highest BCUT2D eigenvalue weighted by Crippen LogP contribution is 2.44. The Morgan fingerprint density at radius 2 is 1.71 bits per heavy atom. The molecule has 1 aliphatic carbocycles. The van der Waals surface area contributed by atoms with E-state index in [9.17, 15) is 28.6 Å². The minimum Gasteiger partial charge on any atom is -0.481 e. The van der Waals surface area contributed by atoms with Crippen LogP contribution in [0.15, 0.2) is 18.2 Å². The molecule has 2 N–H and O–H groups in total. The van der Waals surface area contributed by atoms with Crippen molar-refractivity contribution in [3.05, 3.63) is 35.4 Å². The highest BCUT2D eigenvalue weighted by Gasteiger charge is 2.51. The first-order valence-electron chi connectivity index (χ1n) is 9.97. The van der Waals surface area contributed by atoms with Crippen molar-refractivity contribution in [2.75, 3.05) is 0 Å². The van der Waals surface area contributed by atoms with Gasteiger partial charge in [0.25, 0.3) is 0 Å². The Morgan fingerprint density at radius 3 is 2.29 bits per heavy atom. The number of hydrogen-bond donors (Lipinski definition) is 2. The smallest absolute Gasteiger partial charge is 0.306 e. The highest BCUT2D eigenvalue weighted by atomic mass is 19.1. The first-order chi connectivity index (χ1) is 13.3. The monoisotopic (exact) mass is 393 g/mol. The SMILES string of the molecule is O=C(O)[C@@H]1CC[C@H](C(=O)N2C3CCC2CC(O)(Cc2ccc(F)cc2F)C3)C1. The van der Waals surface area contributed by atoms with Crippen LogP contribution in [0.1, 0.15) is 50.5 Å².